The van der Waals surface area contributed by atoms with Crippen LogP contribution in [-0.4, -0.2) is 22.1 Å². The Labute approximate surface area is 109 Å². The molecule has 2 aromatic rings. The van der Waals surface area contributed by atoms with Gasteiger partial charge in [0.25, 0.3) is 0 Å². The van der Waals surface area contributed by atoms with E-state index in [0.717, 1.165) is 18.0 Å². The Bertz CT molecular complexity index is 479. The molecular formula is C12H14BrN3O. The molecule has 0 N–H and O–H groups in total. The second kappa shape index (κ2) is 5.31. The Morgan fingerprint density at radius 3 is 2.59 bits per heavy atom. The van der Waals surface area contributed by atoms with E-state index in [-0.39, 0.29) is 4.83 Å². The molecule has 0 amide bonds. The van der Waals surface area contributed by atoms with Gasteiger partial charge in [0.1, 0.15) is 5.75 Å². The smallest absolute Gasteiger partial charge is 0.118 e. The van der Waals surface area contributed by atoms with Crippen LogP contribution in [0.4, 0.5) is 0 Å². The molecular weight excluding hydrogens is 282 g/mol. The van der Waals surface area contributed by atoms with E-state index in [1.807, 2.05) is 42.1 Å². The number of halogens is 1. The Morgan fingerprint density at radius 1 is 1.35 bits per heavy atom. The molecule has 17 heavy (non-hydrogen) atoms. The Hall–Kier alpha value is -1.36. The van der Waals surface area contributed by atoms with Crippen LogP contribution in [0.2, 0.25) is 0 Å². The van der Waals surface area contributed by atoms with Gasteiger partial charge in [-0.05, 0) is 24.6 Å². The third-order valence-electron chi connectivity index (χ3n) is 2.47. The van der Waals surface area contributed by atoms with Crippen LogP contribution in [0, 0.1) is 0 Å². The normalized spacial score (nSPS) is 12.4. The van der Waals surface area contributed by atoms with Crippen LogP contribution in [-0.2, 0) is 6.54 Å². The quantitative estimate of drug-likeness (QED) is 0.815. The van der Waals surface area contributed by atoms with E-state index in [1.54, 1.807) is 7.11 Å². The van der Waals surface area contributed by atoms with Gasteiger partial charge in [-0.1, -0.05) is 33.3 Å². The van der Waals surface area contributed by atoms with E-state index in [0.29, 0.717) is 0 Å². The van der Waals surface area contributed by atoms with Crippen LogP contribution < -0.4 is 4.74 Å². The van der Waals surface area contributed by atoms with Gasteiger partial charge in [0, 0.05) is 6.20 Å². The van der Waals surface area contributed by atoms with Crippen LogP contribution in [0.3, 0.4) is 0 Å². The molecule has 0 aliphatic heterocycles. The molecule has 0 aliphatic carbocycles. The molecule has 0 saturated carbocycles. The highest BCUT2D eigenvalue weighted by molar-refractivity contribution is 9.09. The van der Waals surface area contributed by atoms with Crippen molar-refractivity contribution in [3.63, 3.8) is 0 Å². The standard InChI is InChI=1S/C12H14BrN3O/c1-9(13)12-8-16(15-14-12)7-10-3-5-11(17-2)6-4-10/h3-6,8-9H,7H2,1-2H3. The number of benzene rings is 1. The highest BCUT2D eigenvalue weighted by Gasteiger charge is 2.06. The molecule has 2 rings (SSSR count). The number of ether oxygens (including phenoxy) is 1. The number of alkyl halides is 1. The number of nitrogens with zero attached hydrogens (tertiary/aromatic N) is 3. The van der Waals surface area contributed by atoms with Crippen molar-refractivity contribution in [2.75, 3.05) is 7.11 Å². The summed E-state index contributed by atoms with van der Waals surface area (Å²) in [5.41, 5.74) is 2.11. The summed E-state index contributed by atoms with van der Waals surface area (Å²) in [5.74, 6) is 0.863. The van der Waals surface area contributed by atoms with Gasteiger partial charge in [-0.15, -0.1) is 5.10 Å². The van der Waals surface area contributed by atoms with Gasteiger partial charge in [0.2, 0.25) is 0 Å². The van der Waals surface area contributed by atoms with Gasteiger partial charge < -0.3 is 4.74 Å². The lowest BCUT2D eigenvalue weighted by Gasteiger charge is -2.03. The fourth-order valence-corrected chi connectivity index (χ4v) is 1.70. The molecule has 1 aromatic heterocycles. The van der Waals surface area contributed by atoms with Gasteiger partial charge in [0.15, 0.2) is 0 Å². The fraction of sp³-hybridized carbons (Fsp3) is 0.333. The second-order valence-corrected chi connectivity index (χ2v) is 5.18. The first-order valence-corrected chi connectivity index (χ1v) is 6.27. The highest BCUT2D eigenvalue weighted by atomic mass is 79.9. The van der Waals surface area contributed by atoms with E-state index in [1.165, 1.54) is 5.56 Å². The van der Waals surface area contributed by atoms with Crippen molar-refractivity contribution in [1.29, 1.82) is 0 Å². The summed E-state index contributed by atoms with van der Waals surface area (Å²) in [6.45, 7) is 2.75. The van der Waals surface area contributed by atoms with E-state index >= 15 is 0 Å². The van der Waals surface area contributed by atoms with E-state index in [4.69, 9.17) is 4.74 Å². The van der Waals surface area contributed by atoms with E-state index in [9.17, 15) is 0 Å². The van der Waals surface area contributed by atoms with Gasteiger partial charge in [-0.25, -0.2) is 4.68 Å². The summed E-state index contributed by atoms with van der Waals surface area (Å²) < 4.78 is 6.94. The fourth-order valence-electron chi connectivity index (χ4n) is 1.49. The Kier molecular flexibility index (Phi) is 3.78. The first-order chi connectivity index (χ1) is 8.19. The van der Waals surface area contributed by atoms with Crippen molar-refractivity contribution >= 4 is 15.9 Å². The topological polar surface area (TPSA) is 39.9 Å². The molecule has 90 valence electrons. The summed E-state index contributed by atoms with van der Waals surface area (Å²) in [6.07, 6.45) is 1.95. The third-order valence-corrected chi connectivity index (χ3v) is 2.94. The molecule has 4 nitrogen and oxygen atoms in total. The number of rotatable bonds is 4. The average molecular weight is 296 g/mol. The molecule has 1 heterocycles. The van der Waals surface area contributed by atoms with Crippen molar-refractivity contribution < 1.29 is 4.74 Å². The lowest BCUT2D eigenvalue weighted by Crippen LogP contribution is -2.00. The Balaban J connectivity index is 2.08. The number of methoxy groups -OCH3 is 1. The van der Waals surface area contributed by atoms with Crippen molar-refractivity contribution in [1.82, 2.24) is 15.0 Å². The monoisotopic (exact) mass is 295 g/mol. The lowest BCUT2D eigenvalue weighted by molar-refractivity contribution is 0.414. The predicted molar refractivity (Wildman–Crippen MR) is 69.5 cm³/mol. The van der Waals surface area contributed by atoms with E-state index < -0.39 is 0 Å². The zero-order chi connectivity index (χ0) is 12.3. The molecule has 1 unspecified atom stereocenters. The maximum absolute atomic E-state index is 5.11. The minimum absolute atomic E-state index is 0.229. The molecule has 1 aromatic carbocycles. The summed E-state index contributed by atoms with van der Waals surface area (Å²) >= 11 is 3.47. The number of aromatic nitrogens is 3. The summed E-state index contributed by atoms with van der Waals surface area (Å²) in [7, 11) is 1.66. The summed E-state index contributed by atoms with van der Waals surface area (Å²) in [5, 5.41) is 8.17. The van der Waals surface area contributed by atoms with Crippen molar-refractivity contribution in [2.24, 2.45) is 0 Å². The van der Waals surface area contributed by atoms with Crippen molar-refractivity contribution in [3.8, 4) is 5.75 Å². The SMILES string of the molecule is COc1ccc(Cn2cc(C(C)Br)nn2)cc1. The highest BCUT2D eigenvalue weighted by Crippen LogP contribution is 2.18. The third kappa shape index (κ3) is 3.06. The largest absolute Gasteiger partial charge is 0.497 e. The average Bonchev–Trinajstić information content (AvgIpc) is 2.79. The van der Waals surface area contributed by atoms with Gasteiger partial charge in [0.05, 0.1) is 24.2 Å². The second-order valence-electron chi connectivity index (χ2n) is 3.81. The first-order valence-electron chi connectivity index (χ1n) is 5.36. The molecule has 0 aliphatic rings. The maximum atomic E-state index is 5.11. The van der Waals surface area contributed by atoms with Gasteiger partial charge in [-0.2, -0.15) is 0 Å². The van der Waals surface area contributed by atoms with Crippen molar-refractivity contribution in [3.05, 3.63) is 41.7 Å². The molecule has 0 radical (unpaired) electrons. The Morgan fingerprint density at radius 2 is 2.06 bits per heavy atom. The lowest BCUT2D eigenvalue weighted by atomic mass is 10.2. The molecule has 0 spiro atoms. The summed E-state index contributed by atoms with van der Waals surface area (Å²) in [6, 6.07) is 7.94. The zero-order valence-corrected chi connectivity index (χ0v) is 11.4. The number of hydrogen-bond acceptors (Lipinski definition) is 3. The molecule has 1 atom stereocenters. The predicted octanol–water partition coefficient (Wildman–Crippen LogP) is 2.79. The summed E-state index contributed by atoms with van der Waals surface area (Å²) in [4.78, 5) is 0.229. The van der Waals surface area contributed by atoms with Crippen LogP contribution >= 0.6 is 15.9 Å². The van der Waals surface area contributed by atoms with E-state index in [2.05, 4.69) is 26.2 Å². The maximum Gasteiger partial charge on any atom is 0.118 e. The minimum Gasteiger partial charge on any atom is -0.497 e. The number of hydrogen-bond donors (Lipinski definition) is 0. The van der Waals surface area contributed by atoms with Crippen LogP contribution in [0.1, 0.15) is 23.0 Å². The van der Waals surface area contributed by atoms with Crippen LogP contribution in [0.15, 0.2) is 30.5 Å². The molecule has 5 heteroatoms. The van der Waals surface area contributed by atoms with Gasteiger partial charge in [-0.3, -0.25) is 0 Å². The van der Waals surface area contributed by atoms with Crippen molar-refractivity contribution in [2.45, 2.75) is 18.3 Å². The molecule has 0 fully saturated rings. The first kappa shape index (κ1) is 12.1. The minimum atomic E-state index is 0.229. The molecule has 0 saturated heterocycles. The zero-order valence-electron chi connectivity index (χ0n) is 9.80. The molecule has 0 bridgehead atoms. The van der Waals surface area contributed by atoms with Gasteiger partial charge >= 0.3 is 0 Å². The van der Waals surface area contributed by atoms with Crippen LogP contribution in [0.25, 0.3) is 0 Å². The van der Waals surface area contributed by atoms with Crippen LogP contribution in [0.5, 0.6) is 5.75 Å².